The summed E-state index contributed by atoms with van der Waals surface area (Å²) >= 11 is 1.52. The molecule has 2 N–H and O–H groups in total. The average molecular weight is 384 g/mol. The number of benzene rings is 1. The molecule has 1 aromatic heterocycles. The van der Waals surface area contributed by atoms with Crippen LogP contribution in [0.15, 0.2) is 47.5 Å². The van der Waals surface area contributed by atoms with Crippen molar-refractivity contribution in [2.24, 2.45) is 0 Å². The third kappa shape index (κ3) is 4.13. The van der Waals surface area contributed by atoms with Crippen LogP contribution in [0, 0.1) is 0 Å². The lowest BCUT2D eigenvalue weighted by molar-refractivity contribution is -0.119. The summed E-state index contributed by atoms with van der Waals surface area (Å²) in [5.74, 6) is -0.251. The van der Waals surface area contributed by atoms with Gasteiger partial charge in [0.25, 0.3) is 11.8 Å². The van der Waals surface area contributed by atoms with Gasteiger partial charge in [-0.2, -0.15) is 0 Å². The molecule has 7 nitrogen and oxygen atoms in total. The maximum absolute atomic E-state index is 12.5. The van der Waals surface area contributed by atoms with E-state index in [4.69, 9.17) is 4.74 Å². The number of pyridine rings is 1. The van der Waals surface area contributed by atoms with Crippen LogP contribution < -0.4 is 10.6 Å². The van der Waals surface area contributed by atoms with E-state index in [-0.39, 0.29) is 17.2 Å². The molecule has 4 rings (SSSR count). The van der Waals surface area contributed by atoms with Gasteiger partial charge in [0.15, 0.2) is 0 Å². The third-order valence-electron chi connectivity index (χ3n) is 4.50. The van der Waals surface area contributed by atoms with Crippen molar-refractivity contribution in [2.75, 3.05) is 31.6 Å². The molecule has 0 radical (unpaired) electrons. The molecule has 2 aliphatic heterocycles. The molecule has 1 aromatic carbocycles. The number of anilines is 1. The summed E-state index contributed by atoms with van der Waals surface area (Å²) in [4.78, 5) is 32.2. The second-order valence-corrected chi connectivity index (χ2v) is 7.44. The number of hydrogen-bond acceptors (Lipinski definition) is 6. The van der Waals surface area contributed by atoms with Crippen molar-refractivity contribution in [1.29, 1.82) is 0 Å². The van der Waals surface area contributed by atoms with E-state index < -0.39 is 0 Å². The predicted octanol–water partition coefficient (Wildman–Crippen LogP) is 1.71. The van der Waals surface area contributed by atoms with Crippen LogP contribution in [0.5, 0.6) is 0 Å². The van der Waals surface area contributed by atoms with Gasteiger partial charge in [-0.1, -0.05) is 17.8 Å². The molecule has 1 unspecified atom stereocenters. The van der Waals surface area contributed by atoms with E-state index in [9.17, 15) is 9.59 Å². The first kappa shape index (κ1) is 18.0. The first-order chi connectivity index (χ1) is 13.2. The number of nitrogens with one attached hydrogen (secondary N) is 2. The maximum Gasteiger partial charge on any atom is 0.252 e. The number of aromatic nitrogens is 1. The zero-order valence-electron chi connectivity index (χ0n) is 14.7. The summed E-state index contributed by atoms with van der Waals surface area (Å²) in [6, 6.07) is 11.0. The van der Waals surface area contributed by atoms with Gasteiger partial charge in [-0.15, -0.1) is 0 Å². The monoisotopic (exact) mass is 384 g/mol. The predicted molar refractivity (Wildman–Crippen MR) is 103 cm³/mol. The second kappa shape index (κ2) is 8.08. The molecule has 0 saturated carbocycles. The second-order valence-electron chi connectivity index (χ2n) is 6.32. The Bertz CT molecular complexity index is 840. The number of fused-ring (bicyclic) bond motifs is 1. The lowest BCUT2D eigenvalue weighted by Crippen LogP contribution is -2.48. The summed E-state index contributed by atoms with van der Waals surface area (Å²) in [6.45, 7) is 3.14. The van der Waals surface area contributed by atoms with Crippen LogP contribution in [0.3, 0.4) is 0 Å². The van der Waals surface area contributed by atoms with Gasteiger partial charge in [-0.3, -0.25) is 19.5 Å². The Morgan fingerprint density at radius 3 is 2.93 bits per heavy atom. The maximum atomic E-state index is 12.5. The van der Waals surface area contributed by atoms with Crippen LogP contribution in [0.1, 0.15) is 16.1 Å². The number of morpholine rings is 1. The molecular formula is C19H20N4O3S. The fourth-order valence-electron chi connectivity index (χ4n) is 3.07. The van der Waals surface area contributed by atoms with Crippen LogP contribution >= 0.6 is 11.8 Å². The number of carbonyl (C=O) groups is 2. The van der Waals surface area contributed by atoms with Crippen LogP contribution in [-0.4, -0.2) is 53.4 Å². The number of ether oxygens (including phenoxy) is 1. The molecule has 1 atom stereocenters. The van der Waals surface area contributed by atoms with E-state index in [1.807, 2.05) is 24.3 Å². The highest BCUT2D eigenvalue weighted by Gasteiger charge is 2.33. The van der Waals surface area contributed by atoms with Gasteiger partial charge in [0, 0.05) is 29.7 Å². The van der Waals surface area contributed by atoms with Crippen molar-refractivity contribution in [2.45, 2.75) is 16.8 Å². The third-order valence-corrected chi connectivity index (χ3v) is 5.84. The molecule has 27 heavy (non-hydrogen) atoms. The molecule has 2 aromatic rings. The summed E-state index contributed by atoms with van der Waals surface area (Å²) in [6.07, 6.45) is 1.69. The lowest BCUT2D eigenvalue weighted by Gasteiger charge is -2.35. The van der Waals surface area contributed by atoms with Gasteiger partial charge in [0.05, 0.1) is 31.1 Å². The molecule has 0 aliphatic carbocycles. The number of thioether (sulfide) groups is 1. The highest BCUT2D eigenvalue weighted by molar-refractivity contribution is 8.00. The molecule has 1 fully saturated rings. The van der Waals surface area contributed by atoms with E-state index >= 15 is 0 Å². The highest BCUT2D eigenvalue weighted by atomic mass is 32.2. The van der Waals surface area contributed by atoms with E-state index in [0.717, 1.165) is 23.7 Å². The standard InChI is InChI=1S/C19H20N4O3S/c24-17(21-12-14-3-1-2-6-20-14)13-4-5-16-15(11-13)22-18(25)19(27-16)23-7-9-26-10-8-23/h1-6,11,19H,7-10,12H2,(H,21,24)(H,22,25). The Morgan fingerprint density at radius 1 is 1.30 bits per heavy atom. The first-order valence-corrected chi connectivity index (χ1v) is 9.70. The average Bonchev–Trinajstić information content (AvgIpc) is 2.72. The van der Waals surface area contributed by atoms with Gasteiger partial charge in [-0.25, -0.2) is 0 Å². The van der Waals surface area contributed by atoms with Crippen molar-refractivity contribution >= 4 is 29.3 Å². The molecule has 0 bridgehead atoms. The molecule has 140 valence electrons. The quantitative estimate of drug-likeness (QED) is 0.835. The first-order valence-electron chi connectivity index (χ1n) is 8.82. The van der Waals surface area contributed by atoms with E-state index in [1.165, 1.54) is 11.8 Å². The Kier molecular flexibility index (Phi) is 5.38. The topological polar surface area (TPSA) is 83.6 Å². The lowest BCUT2D eigenvalue weighted by atomic mass is 10.1. The number of rotatable bonds is 4. The summed E-state index contributed by atoms with van der Waals surface area (Å²) in [5, 5.41) is 5.53. The number of nitrogens with zero attached hydrogens (tertiary/aromatic N) is 2. The van der Waals surface area contributed by atoms with E-state index in [1.54, 1.807) is 18.3 Å². The molecular weight excluding hydrogens is 364 g/mol. The minimum atomic E-state index is -0.259. The van der Waals surface area contributed by atoms with Crippen LogP contribution in [0.25, 0.3) is 0 Å². The van der Waals surface area contributed by atoms with Crippen molar-refractivity contribution < 1.29 is 14.3 Å². The molecule has 1 saturated heterocycles. The van der Waals surface area contributed by atoms with Gasteiger partial charge < -0.3 is 15.4 Å². The minimum Gasteiger partial charge on any atom is -0.379 e. The Balaban J connectivity index is 1.44. The number of hydrogen-bond donors (Lipinski definition) is 2. The largest absolute Gasteiger partial charge is 0.379 e. The van der Waals surface area contributed by atoms with Crippen molar-refractivity contribution in [1.82, 2.24) is 15.2 Å². The fourth-order valence-corrected chi connectivity index (χ4v) is 4.22. The van der Waals surface area contributed by atoms with Crippen molar-refractivity contribution in [3.63, 3.8) is 0 Å². The number of amides is 2. The fraction of sp³-hybridized carbons (Fsp3) is 0.316. The van der Waals surface area contributed by atoms with Crippen LogP contribution in [0.2, 0.25) is 0 Å². The molecule has 2 aliphatic rings. The van der Waals surface area contributed by atoms with Gasteiger partial charge >= 0.3 is 0 Å². The molecule has 8 heteroatoms. The normalized spacial score (nSPS) is 19.9. The minimum absolute atomic E-state index is 0.0551. The van der Waals surface area contributed by atoms with Gasteiger partial charge in [-0.05, 0) is 30.3 Å². The summed E-state index contributed by atoms with van der Waals surface area (Å²) in [7, 11) is 0. The van der Waals surface area contributed by atoms with Gasteiger partial charge in [0.1, 0.15) is 5.37 Å². The smallest absolute Gasteiger partial charge is 0.252 e. The van der Waals surface area contributed by atoms with Crippen molar-refractivity contribution in [3.05, 3.63) is 53.9 Å². The van der Waals surface area contributed by atoms with Gasteiger partial charge in [0.2, 0.25) is 0 Å². The van der Waals surface area contributed by atoms with E-state index in [2.05, 4.69) is 20.5 Å². The molecule has 3 heterocycles. The zero-order valence-corrected chi connectivity index (χ0v) is 15.5. The van der Waals surface area contributed by atoms with Crippen LogP contribution in [0.4, 0.5) is 5.69 Å². The Labute approximate surface area is 161 Å². The Hall–Kier alpha value is -2.42. The molecule has 0 spiro atoms. The molecule has 2 amide bonds. The van der Waals surface area contributed by atoms with Crippen LogP contribution in [-0.2, 0) is 16.1 Å². The summed E-state index contributed by atoms with van der Waals surface area (Å²) < 4.78 is 5.36. The number of carbonyl (C=O) groups excluding carboxylic acids is 2. The summed E-state index contributed by atoms with van der Waals surface area (Å²) in [5.41, 5.74) is 1.98. The SMILES string of the molecule is O=C(NCc1ccccn1)c1ccc2c(c1)NC(=O)C(N1CCOCC1)S2. The van der Waals surface area contributed by atoms with E-state index in [0.29, 0.717) is 31.0 Å². The zero-order chi connectivity index (χ0) is 18.6. The highest BCUT2D eigenvalue weighted by Crippen LogP contribution is 2.37. The van der Waals surface area contributed by atoms with Crippen molar-refractivity contribution in [3.8, 4) is 0 Å². The Morgan fingerprint density at radius 2 is 2.15 bits per heavy atom.